The Hall–Kier alpha value is -0.610. The van der Waals surface area contributed by atoms with Gasteiger partial charge in [-0.05, 0) is 6.92 Å². The number of carbonyl (C=O) groups excluding carboxylic acids is 1. The Morgan fingerprint density at radius 3 is 2.67 bits per heavy atom. The molecule has 0 spiro atoms. The molecular weight excluding hydrogens is 156 g/mol. The van der Waals surface area contributed by atoms with E-state index in [1.165, 1.54) is 0 Å². The first-order valence-electron chi connectivity index (χ1n) is 4.47. The summed E-state index contributed by atoms with van der Waals surface area (Å²) in [7, 11) is 0. The van der Waals surface area contributed by atoms with Crippen molar-refractivity contribution >= 4 is 5.97 Å². The number of carbonyl (C=O) groups is 1. The lowest BCUT2D eigenvalue weighted by molar-refractivity contribution is -0.854. The van der Waals surface area contributed by atoms with E-state index < -0.39 is 0 Å². The van der Waals surface area contributed by atoms with Gasteiger partial charge in [-0.25, -0.2) is 0 Å². The standard InChI is InChI=1S/C8H16N2O2/c1-2-12-8(11)7-3-5-10(9)6-4-7/h7,9-10H,2-6H2,1H3. The van der Waals surface area contributed by atoms with Crippen LogP contribution in [0.25, 0.3) is 5.84 Å². The SMILES string of the molecule is CCOC(=O)C1CC[NH+]([NH-])CC1. The fourth-order valence-electron chi connectivity index (χ4n) is 1.46. The van der Waals surface area contributed by atoms with E-state index in [0.29, 0.717) is 6.61 Å². The molecule has 4 heteroatoms. The normalized spacial score (nSPS) is 29.8. The molecule has 1 aliphatic heterocycles. The van der Waals surface area contributed by atoms with Crippen molar-refractivity contribution in [1.82, 2.24) is 0 Å². The largest absolute Gasteiger partial charge is 0.469 e. The van der Waals surface area contributed by atoms with Gasteiger partial charge in [-0.15, -0.1) is 0 Å². The number of hydrogen-bond acceptors (Lipinski definition) is 2. The zero-order valence-corrected chi connectivity index (χ0v) is 7.43. The summed E-state index contributed by atoms with van der Waals surface area (Å²) in [6.07, 6.45) is 1.61. The van der Waals surface area contributed by atoms with Gasteiger partial charge < -0.3 is 15.6 Å². The zero-order valence-electron chi connectivity index (χ0n) is 7.43. The molecule has 4 nitrogen and oxygen atoms in total. The average molecular weight is 172 g/mol. The third kappa shape index (κ3) is 2.46. The van der Waals surface area contributed by atoms with E-state index in [-0.39, 0.29) is 11.9 Å². The van der Waals surface area contributed by atoms with Crippen molar-refractivity contribution < 1.29 is 14.5 Å². The minimum absolute atomic E-state index is 0.0547. The Morgan fingerprint density at radius 1 is 1.58 bits per heavy atom. The highest BCUT2D eigenvalue weighted by Crippen LogP contribution is 2.11. The summed E-state index contributed by atoms with van der Waals surface area (Å²) in [5.74, 6) is 7.35. The molecule has 0 bridgehead atoms. The molecule has 12 heavy (non-hydrogen) atoms. The third-order valence-electron chi connectivity index (χ3n) is 2.21. The molecule has 70 valence electrons. The summed E-state index contributed by atoms with van der Waals surface area (Å²) in [6, 6.07) is 0. The van der Waals surface area contributed by atoms with Crippen LogP contribution in [0.1, 0.15) is 19.8 Å². The van der Waals surface area contributed by atoms with Gasteiger partial charge in [-0.2, -0.15) is 0 Å². The van der Waals surface area contributed by atoms with Crippen LogP contribution in [0.4, 0.5) is 0 Å². The first kappa shape index (κ1) is 9.48. The highest BCUT2D eigenvalue weighted by molar-refractivity contribution is 5.72. The van der Waals surface area contributed by atoms with Crippen LogP contribution in [0.2, 0.25) is 0 Å². The second-order valence-corrected chi connectivity index (χ2v) is 3.13. The molecule has 1 saturated heterocycles. The van der Waals surface area contributed by atoms with Crippen LogP contribution in [-0.4, -0.2) is 25.7 Å². The molecule has 0 aromatic rings. The number of piperidine rings is 1. The van der Waals surface area contributed by atoms with E-state index in [1.807, 2.05) is 6.92 Å². The predicted molar refractivity (Wildman–Crippen MR) is 44.4 cm³/mol. The molecule has 2 N–H and O–H groups in total. The number of rotatable bonds is 2. The van der Waals surface area contributed by atoms with E-state index in [9.17, 15) is 4.79 Å². The summed E-state index contributed by atoms with van der Waals surface area (Å²) in [5, 5.41) is 0.774. The van der Waals surface area contributed by atoms with Crippen LogP contribution in [0, 0.1) is 5.92 Å². The Balaban J connectivity index is 2.29. The van der Waals surface area contributed by atoms with Crippen molar-refractivity contribution in [3.8, 4) is 0 Å². The van der Waals surface area contributed by atoms with E-state index in [4.69, 9.17) is 10.6 Å². The minimum atomic E-state index is -0.0787. The van der Waals surface area contributed by atoms with E-state index in [2.05, 4.69) is 0 Å². The molecule has 0 aromatic heterocycles. The first-order valence-corrected chi connectivity index (χ1v) is 4.47. The Morgan fingerprint density at radius 2 is 2.17 bits per heavy atom. The molecule has 0 atom stereocenters. The van der Waals surface area contributed by atoms with Gasteiger partial charge in [0.2, 0.25) is 0 Å². The summed E-state index contributed by atoms with van der Waals surface area (Å²) >= 11 is 0. The molecule has 1 aliphatic rings. The van der Waals surface area contributed by atoms with Crippen LogP contribution in [-0.2, 0) is 9.53 Å². The molecule has 1 fully saturated rings. The summed E-state index contributed by atoms with van der Waals surface area (Å²) in [4.78, 5) is 11.2. The number of nitrogens with one attached hydrogen (secondary N) is 2. The Kier molecular flexibility index (Phi) is 3.49. The molecule has 1 heterocycles. The van der Waals surface area contributed by atoms with Crippen molar-refractivity contribution in [1.29, 1.82) is 0 Å². The molecular formula is C8H16N2O2. The van der Waals surface area contributed by atoms with Gasteiger partial charge in [0.25, 0.3) is 0 Å². The van der Waals surface area contributed by atoms with Crippen LogP contribution in [0.3, 0.4) is 0 Å². The molecule has 0 radical (unpaired) electrons. The lowest BCUT2D eigenvalue weighted by Crippen LogP contribution is -3.06. The van der Waals surface area contributed by atoms with Crippen LogP contribution >= 0.6 is 0 Å². The fourth-order valence-corrected chi connectivity index (χ4v) is 1.46. The maximum Gasteiger partial charge on any atom is 0.309 e. The van der Waals surface area contributed by atoms with Gasteiger partial charge in [0.1, 0.15) is 0 Å². The smallest absolute Gasteiger partial charge is 0.309 e. The van der Waals surface area contributed by atoms with Gasteiger partial charge in [0.15, 0.2) is 0 Å². The van der Waals surface area contributed by atoms with Crippen molar-refractivity contribution in [2.75, 3.05) is 19.7 Å². The Bertz CT molecular complexity index is 153. The van der Waals surface area contributed by atoms with E-state index >= 15 is 0 Å². The Labute approximate surface area is 72.6 Å². The summed E-state index contributed by atoms with van der Waals surface area (Å²) in [5.41, 5.74) is 0. The summed E-state index contributed by atoms with van der Waals surface area (Å²) in [6.45, 7) is 3.82. The zero-order chi connectivity index (χ0) is 8.97. The highest BCUT2D eigenvalue weighted by atomic mass is 16.5. The molecule has 0 aliphatic carbocycles. The number of quaternary nitrogens is 1. The lowest BCUT2D eigenvalue weighted by Gasteiger charge is -2.29. The van der Waals surface area contributed by atoms with Crippen molar-refractivity contribution in [3.05, 3.63) is 5.84 Å². The van der Waals surface area contributed by atoms with Crippen molar-refractivity contribution in [2.45, 2.75) is 19.8 Å². The van der Waals surface area contributed by atoms with Gasteiger partial charge in [-0.1, -0.05) is 0 Å². The number of esters is 1. The molecule has 0 saturated carbocycles. The number of ether oxygens (including phenoxy) is 1. The second kappa shape index (κ2) is 4.42. The van der Waals surface area contributed by atoms with Crippen molar-refractivity contribution in [2.24, 2.45) is 5.92 Å². The maximum absolute atomic E-state index is 11.2. The monoisotopic (exact) mass is 172 g/mol. The molecule has 0 amide bonds. The second-order valence-electron chi connectivity index (χ2n) is 3.13. The van der Waals surface area contributed by atoms with Crippen LogP contribution < -0.4 is 5.01 Å². The summed E-state index contributed by atoms with van der Waals surface area (Å²) < 4.78 is 4.91. The van der Waals surface area contributed by atoms with E-state index in [0.717, 1.165) is 30.9 Å². The third-order valence-corrected chi connectivity index (χ3v) is 2.21. The quantitative estimate of drug-likeness (QED) is 0.587. The van der Waals surface area contributed by atoms with Gasteiger partial charge >= 0.3 is 5.97 Å². The fraction of sp³-hybridized carbons (Fsp3) is 0.875. The molecule has 0 aromatic carbocycles. The van der Waals surface area contributed by atoms with Gasteiger partial charge in [0.05, 0.1) is 25.6 Å². The maximum atomic E-state index is 11.2. The van der Waals surface area contributed by atoms with Crippen molar-refractivity contribution in [3.63, 3.8) is 0 Å². The number of hydrogen-bond donors (Lipinski definition) is 1. The highest BCUT2D eigenvalue weighted by Gasteiger charge is 2.24. The van der Waals surface area contributed by atoms with Crippen LogP contribution in [0.15, 0.2) is 0 Å². The topological polar surface area (TPSA) is 54.5 Å². The predicted octanol–water partition coefficient (Wildman–Crippen LogP) is -0.188. The molecule has 0 unspecified atom stereocenters. The average Bonchev–Trinajstić information content (AvgIpc) is 2.06. The van der Waals surface area contributed by atoms with Gasteiger partial charge in [0, 0.05) is 12.8 Å². The van der Waals surface area contributed by atoms with Gasteiger partial charge in [-0.3, -0.25) is 4.79 Å². The van der Waals surface area contributed by atoms with E-state index in [1.54, 1.807) is 0 Å². The molecule has 1 rings (SSSR count). The minimum Gasteiger partial charge on any atom is -0.469 e. The lowest BCUT2D eigenvalue weighted by atomic mass is 9.98. The first-order chi connectivity index (χ1) is 5.74. The van der Waals surface area contributed by atoms with Crippen LogP contribution in [0.5, 0.6) is 0 Å².